The first-order valence-electron chi connectivity index (χ1n) is 11.1. The smallest absolute Gasteiger partial charge is 0.278 e. The molecular formula is C25H17F2N3O4S. The first-order chi connectivity index (χ1) is 17.0. The Morgan fingerprint density at radius 1 is 1.09 bits per heavy atom. The van der Waals surface area contributed by atoms with Crippen molar-refractivity contribution in [2.45, 2.75) is 12.2 Å². The van der Waals surface area contributed by atoms with Gasteiger partial charge in [0, 0.05) is 39.5 Å². The second kappa shape index (κ2) is 7.12. The predicted molar refractivity (Wildman–Crippen MR) is 125 cm³/mol. The number of carbonyl (C=O) groups excluding carboxylic acids is 1. The summed E-state index contributed by atoms with van der Waals surface area (Å²) in [6, 6.07) is 10.9. The van der Waals surface area contributed by atoms with Crippen molar-refractivity contribution >= 4 is 27.3 Å². The van der Waals surface area contributed by atoms with Gasteiger partial charge in [-0.05, 0) is 23.1 Å². The van der Waals surface area contributed by atoms with E-state index in [9.17, 15) is 19.1 Å². The zero-order valence-electron chi connectivity index (χ0n) is 18.1. The fraction of sp³-hybridized carbons (Fsp3) is 0.200. The van der Waals surface area contributed by atoms with Gasteiger partial charge >= 0.3 is 0 Å². The molecule has 1 aliphatic carbocycles. The average molecular weight is 493 g/mol. The molecule has 2 aromatic carbocycles. The molecule has 1 N–H and O–H groups in total. The molecule has 3 aliphatic rings. The summed E-state index contributed by atoms with van der Waals surface area (Å²) in [5, 5.41) is 13.3. The Bertz CT molecular complexity index is 1630. The van der Waals surface area contributed by atoms with Crippen LogP contribution in [0.2, 0.25) is 0 Å². The van der Waals surface area contributed by atoms with Gasteiger partial charge in [0.1, 0.15) is 12.2 Å². The summed E-state index contributed by atoms with van der Waals surface area (Å²) in [5.41, 5.74) is 0.692. The molecule has 35 heavy (non-hydrogen) atoms. The highest BCUT2D eigenvalue weighted by Crippen LogP contribution is 2.55. The lowest BCUT2D eigenvalue weighted by molar-refractivity contribution is -0.0195. The van der Waals surface area contributed by atoms with E-state index < -0.39 is 40.9 Å². The Morgan fingerprint density at radius 3 is 2.77 bits per heavy atom. The van der Waals surface area contributed by atoms with Gasteiger partial charge in [-0.2, -0.15) is 0 Å². The molecular weight excluding hydrogens is 476 g/mol. The predicted octanol–water partition coefficient (Wildman–Crippen LogP) is 3.57. The number of aromatic hydroxyl groups is 1. The molecule has 1 saturated heterocycles. The van der Waals surface area contributed by atoms with Crippen LogP contribution in [-0.2, 0) is 4.74 Å². The van der Waals surface area contributed by atoms with E-state index in [1.165, 1.54) is 28.3 Å². The maximum absolute atomic E-state index is 15.3. The third kappa shape index (κ3) is 2.60. The second-order valence-electron chi connectivity index (χ2n) is 8.73. The highest BCUT2D eigenvalue weighted by molar-refractivity contribution is 7.22. The van der Waals surface area contributed by atoms with Gasteiger partial charge in [-0.1, -0.05) is 24.3 Å². The first kappa shape index (κ1) is 20.6. The molecule has 2 aliphatic heterocycles. The first-order valence-corrected chi connectivity index (χ1v) is 11.9. The summed E-state index contributed by atoms with van der Waals surface area (Å²) in [6.45, 7) is 0.740. The van der Waals surface area contributed by atoms with Crippen LogP contribution in [0.1, 0.15) is 27.7 Å². The van der Waals surface area contributed by atoms with Crippen molar-refractivity contribution < 1.29 is 23.4 Å². The van der Waals surface area contributed by atoms with Gasteiger partial charge in [0.2, 0.25) is 5.43 Å². The third-order valence-electron chi connectivity index (χ3n) is 7.00. The lowest BCUT2D eigenvalue weighted by atomic mass is 10.0. The number of carbonyl (C=O) groups is 1. The molecule has 1 unspecified atom stereocenters. The number of halogens is 2. The standard InChI is InChI=1S/C25H17F2N3O4S/c26-14-6-5-13-18(20(14)27)24-19(12-3-1-2-4-16(12)35-24)21(13)30-17-11-34-10-9-28(17)25(33)22-23(32)15(31)7-8-29(22)30/h1-8,17,21,32H,9-11H2/t17-,21?/m1/s1. The molecule has 4 heterocycles. The zero-order valence-corrected chi connectivity index (χ0v) is 18.9. The Kier molecular flexibility index (Phi) is 4.19. The molecule has 0 bridgehead atoms. The van der Waals surface area contributed by atoms with Crippen molar-refractivity contribution in [1.82, 2.24) is 9.58 Å². The van der Waals surface area contributed by atoms with E-state index in [1.807, 2.05) is 29.3 Å². The van der Waals surface area contributed by atoms with Crippen molar-refractivity contribution in [3.63, 3.8) is 0 Å². The van der Waals surface area contributed by atoms with Gasteiger partial charge in [0.25, 0.3) is 5.91 Å². The van der Waals surface area contributed by atoms with Crippen molar-refractivity contribution in [2.75, 3.05) is 24.8 Å². The minimum atomic E-state index is -0.939. The highest BCUT2D eigenvalue weighted by Gasteiger charge is 2.48. The van der Waals surface area contributed by atoms with Crippen LogP contribution in [0.25, 0.3) is 20.5 Å². The van der Waals surface area contributed by atoms with Gasteiger partial charge in [-0.3, -0.25) is 19.3 Å². The Morgan fingerprint density at radius 2 is 1.91 bits per heavy atom. The summed E-state index contributed by atoms with van der Waals surface area (Å²) < 4.78 is 37.8. The number of ether oxygens (including phenoxy) is 1. The summed E-state index contributed by atoms with van der Waals surface area (Å²) in [7, 11) is 0. The minimum Gasteiger partial charge on any atom is -0.502 e. The Labute approximate surface area is 201 Å². The van der Waals surface area contributed by atoms with Crippen LogP contribution < -0.4 is 10.4 Å². The maximum Gasteiger partial charge on any atom is 0.278 e. The Hall–Kier alpha value is -3.76. The van der Waals surface area contributed by atoms with Gasteiger partial charge < -0.3 is 14.7 Å². The molecule has 2 atom stereocenters. The molecule has 176 valence electrons. The third-order valence-corrected chi connectivity index (χ3v) is 8.20. The van der Waals surface area contributed by atoms with E-state index in [1.54, 1.807) is 11.0 Å². The number of pyridine rings is 1. The molecule has 0 saturated carbocycles. The monoisotopic (exact) mass is 493 g/mol. The fourth-order valence-electron chi connectivity index (χ4n) is 5.51. The summed E-state index contributed by atoms with van der Waals surface area (Å²) in [4.78, 5) is 27.8. The number of aromatic nitrogens is 1. The molecule has 10 heteroatoms. The van der Waals surface area contributed by atoms with E-state index in [-0.39, 0.29) is 24.4 Å². The van der Waals surface area contributed by atoms with Crippen molar-refractivity contribution in [3.8, 4) is 16.2 Å². The second-order valence-corrected chi connectivity index (χ2v) is 9.78. The zero-order chi connectivity index (χ0) is 24.0. The van der Waals surface area contributed by atoms with Crippen LogP contribution in [-0.4, -0.2) is 46.5 Å². The summed E-state index contributed by atoms with van der Waals surface area (Å²) in [5.74, 6) is -2.99. The molecule has 2 aromatic heterocycles. The topological polar surface area (TPSA) is 75.0 Å². The van der Waals surface area contributed by atoms with Crippen LogP contribution in [0.5, 0.6) is 5.75 Å². The quantitative estimate of drug-likeness (QED) is 0.439. The van der Waals surface area contributed by atoms with Crippen LogP contribution in [0.15, 0.2) is 53.5 Å². The van der Waals surface area contributed by atoms with Gasteiger partial charge in [-0.25, -0.2) is 8.78 Å². The normalized spacial score (nSPS) is 20.6. The number of morpholine rings is 1. The number of rotatable bonds is 1. The van der Waals surface area contributed by atoms with Gasteiger partial charge in [0.05, 0.1) is 13.2 Å². The fourth-order valence-corrected chi connectivity index (χ4v) is 6.80. The molecule has 0 radical (unpaired) electrons. The molecule has 7 nitrogen and oxygen atoms in total. The average Bonchev–Trinajstić information content (AvgIpc) is 3.39. The van der Waals surface area contributed by atoms with Gasteiger partial charge in [-0.15, -0.1) is 11.3 Å². The van der Waals surface area contributed by atoms with E-state index in [4.69, 9.17) is 4.74 Å². The van der Waals surface area contributed by atoms with Crippen LogP contribution in [0, 0.1) is 11.6 Å². The van der Waals surface area contributed by atoms with Crippen molar-refractivity contribution in [3.05, 3.63) is 87.3 Å². The van der Waals surface area contributed by atoms with Crippen LogP contribution in [0.3, 0.4) is 0 Å². The lowest BCUT2D eigenvalue weighted by Crippen LogP contribution is -2.66. The molecule has 1 amide bonds. The number of fused-ring (bicyclic) bond motifs is 7. The highest BCUT2D eigenvalue weighted by atomic mass is 32.1. The van der Waals surface area contributed by atoms with Crippen LogP contribution in [0.4, 0.5) is 8.78 Å². The summed E-state index contributed by atoms with van der Waals surface area (Å²) in [6.07, 6.45) is 0.842. The van der Waals surface area contributed by atoms with E-state index in [2.05, 4.69) is 0 Å². The van der Waals surface area contributed by atoms with E-state index in [0.29, 0.717) is 17.0 Å². The largest absolute Gasteiger partial charge is 0.502 e. The number of hydrogen-bond donors (Lipinski definition) is 1. The number of amides is 1. The SMILES string of the molecule is O=C1c2c(O)c(=O)ccn2N(C2c3ccc(F)c(F)c3-c3sc4ccccc4c32)[C@@H]2COCCN12. The van der Waals surface area contributed by atoms with Crippen molar-refractivity contribution in [2.24, 2.45) is 0 Å². The molecule has 7 rings (SSSR count). The lowest BCUT2D eigenvalue weighted by Gasteiger charge is -2.50. The van der Waals surface area contributed by atoms with E-state index >= 15 is 4.39 Å². The van der Waals surface area contributed by atoms with Crippen LogP contribution >= 0.6 is 11.3 Å². The molecule has 0 spiro atoms. The maximum atomic E-state index is 15.3. The van der Waals surface area contributed by atoms with E-state index in [0.717, 1.165) is 21.7 Å². The minimum absolute atomic E-state index is 0.159. The Balaban J connectivity index is 1.57. The summed E-state index contributed by atoms with van der Waals surface area (Å²) >= 11 is 1.38. The number of benzene rings is 2. The number of nitrogens with zero attached hydrogens (tertiary/aromatic N) is 3. The van der Waals surface area contributed by atoms with Gasteiger partial charge in [0.15, 0.2) is 23.1 Å². The number of hydrogen-bond acceptors (Lipinski definition) is 6. The van der Waals surface area contributed by atoms with Crippen molar-refractivity contribution in [1.29, 1.82) is 0 Å². The molecule has 4 aromatic rings. The molecule has 1 fully saturated rings. The number of thiophene rings is 1.